The van der Waals surface area contributed by atoms with E-state index in [1.54, 1.807) is 17.0 Å². The van der Waals surface area contributed by atoms with E-state index in [1.165, 1.54) is 24.3 Å². The molecule has 1 unspecified atom stereocenters. The molecule has 3 aromatic rings. The molecule has 0 spiro atoms. The molecular weight excluding hydrogens is 357 g/mol. The van der Waals surface area contributed by atoms with Gasteiger partial charge in [0.05, 0.1) is 0 Å². The molecule has 1 amide bonds. The molecule has 1 atom stereocenters. The smallest absolute Gasteiger partial charge is 0.406 e. The monoisotopic (exact) mass is 374 g/mol. The number of aromatic nitrogens is 1. The number of hydrogen-bond acceptors (Lipinski definition) is 2. The summed E-state index contributed by atoms with van der Waals surface area (Å²) in [5.41, 5.74) is 1.50. The lowest BCUT2D eigenvalue weighted by Gasteiger charge is -2.19. The standard InChI is InChI=1S/C20H17F3N2O2/c21-20(22,23)27-17-10-8-15(9-11-17)14-24-19(26)18(25-12-4-5-13-25)16-6-2-1-3-7-16/h1-13,18H,14H2,(H,24,26). The van der Waals surface area contributed by atoms with Gasteiger partial charge in [-0.25, -0.2) is 0 Å². The zero-order chi connectivity index (χ0) is 19.3. The molecule has 4 nitrogen and oxygen atoms in total. The summed E-state index contributed by atoms with van der Waals surface area (Å²) >= 11 is 0. The predicted octanol–water partition coefficient (Wildman–Crippen LogP) is 4.29. The fourth-order valence-corrected chi connectivity index (χ4v) is 2.71. The van der Waals surface area contributed by atoms with Gasteiger partial charge in [0, 0.05) is 18.9 Å². The Balaban J connectivity index is 1.68. The minimum atomic E-state index is -4.73. The average molecular weight is 374 g/mol. The summed E-state index contributed by atoms with van der Waals surface area (Å²) in [5.74, 6) is -0.514. The van der Waals surface area contributed by atoms with Crippen molar-refractivity contribution >= 4 is 5.91 Å². The summed E-state index contributed by atoms with van der Waals surface area (Å²) in [7, 11) is 0. The fourth-order valence-electron chi connectivity index (χ4n) is 2.71. The highest BCUT2D eigenvalue weighted by molar-refractivity contribution is 5.83. The molecular formula is C20H17F3N2O2. The molecule has 0 saturated carbocycles. The van der Waals surface area contributed by atoms with Crippen molar-refractivity contribution in [2.24, 2.45) is 0 Å². The summed E-state index contributed by atoms with van der Waals surface area (Å²) in [5, 5.41) is 2.83. The number of amides is 1. The van der Waals surface area contributed by atoms with E-state index in [9.17, 15) is 18.0 Å². The fraction of sp³-hybridized carbons (Fsp3) is 0.150. The van der Waals surface area contributed by atoms with Gasteiger partial charge >= 0.3 is 6.36 Å². The van der Waals surface area contributed by atoms with Gasteiger partial charge in [-0.3, -0.25) is 4.79 Å². The van der Waals surface area contributed by atoms with Gasteiger partial charge in [-0.1, -0.05) is 42.5 Å². The number of alkyl halides is 3. The van der Waals surface area contributed by atoms with Crippen LogP contribution in [0.15, 0.2) is 79.1 Å². The summed E-state index contributed by atoms with van der Waals surface area (Å²) in [6.45, 7) is 0.190. The van der Waals surface area contributed by atoms with Crippen LogP contribution in [0.5, 0.6) is 5.75 Å². The lowest BCUT2D eigenvalue weighted by molar-refractivity contribution is -0.274. The molecule has 1 heterocycles. The molecule has 0 saturated heterocycles. The van der Waals surface area contributed by atoms with E-state index in [-0.39, 0.29) is 18.2 Å². The van der Waals surface area contributed by atoms with Crippen molar-refractivity contribution in [1.29, 1.82) is 0 Å². The Morgan fingerprint density at radius 1 is 0.963 bits per heavy atom. The number of nitrogens with one attached hydrogen (secondary N) is 1. The molecule has 0 radical (unpaired) electrons. The second-order valence-corrected chi connectivity index (χ2v) is 5.85. The normalized spacial score (nSPS) is 12.4. The van der Waals surface area contributed by atoms with Gasteiger partial charge in [0.25, 0.3) is 0 Å². The van der Waals surface area contributed by atoms with Gasteiger partial charge in [0.15, 0.2) is 0 Å². The van der Waals surface area contributed by atoms with Crippen molar-refractivity contribution in [2.75, 3.05) is 0 Å². The molecule has 1 N–H and O–H groups in total. The van der Waals surface area contributed by atoms with Crippen LogP contribution in [-0.2, 0) is 11.3 Å². The van der Waals surface area contributed by atoms with E-state index in [2.05, 4.69) is 10.1 Å². The molecule has 140 valence electrons. The van der Waals surface area contributed by atoms with Gasteiger partial charge in [-0.05, 0) is 35.4 Å². The third-order valence-electron chi connectivity index (χ3n) is 3.91. The number of carbonyl (C=O) groups excluding carboxylic acids is 1. The van der Waals surface area contributed by atoms with Gasteiger partial charge in [0.2, 0.25) is 5.91 Å². The Morgan fingerprint density at radius 2 is 1.59 bits per heavy atom. The molecule has 1 aromatic heterocycles. The summed E-state index contributed by atoms with van der Waals surface area (Å²) in [6, 6.07) is 17.9. The largest absolute Gasteiger partial charge is 0.573 e. The van der Waals surface area contributed by atoms with Crippen LogP contribution >= 0.6 is 0 Å². The van der Waals surface area contributed by atoms with E-state index in [0.29, 0.717) is 5.56 Å². The molecule has 7 heteroatoms. The van der Waals surface area contributed by atoms with E-state index in [4.69, 9.17) is 0 Å². The molecule has 0 fully saturated rings. The summed E-state index contributed by atoms with van der Waals surface area (Å²) in [4.78, 5) is 12.8. The van der Waals surface area contributed by atoms with Crippen LogP contribution in [0.2, 0.25) is 0 Å². The van der Waals surface area contributed by atoms with Crippen molar-refractivity contribution in [3.8, 4) is 5.75 Å². The van der Waals surface area contributed by atoms with Gasteiger partial charge < -0.3 is 14.6 Å². The maximum atomic E-state index is 12.8. The first kappa shape index (κ1) is 18.6. The molecule has 2 aromatic carbocycles. The highest BCUT2D eigenvalue weighted by Gasteiger charge is 2.31. The first-order chi connectivity index (χ1) is 12.9. The third kappa shape index (κ3) is 5.13. The average Bonchev–Trinajstić information content (AvgIpc) is 3.15. The molecule has 0 aliphatic carbocycles. The van der Waals surface area contributed by atoms with Crippen molar-refractivity contribution < 1.29 is 22.7 Å². The lowest BCUT2D eigenvalue weighted by Crippen LogP contribution is -2.32. The predicted molar refractivity (Wildman–Crippen MR) is 94.0 cm³/mol. The number of rotatable bonds is 6. The number of nitrogens with zero attached hydrogens (tertiary/aromatic N) is 1. The Labute approximate surface area is 154 Å². The number of halogens is 3. The van der Waals surface area contributed by atoms with E-state index < -0.39 is 12.4 Å². The quantitative estimate of drug-likeness (QED) is 0.699. The van der Waals surface area contributed by atoms with Crippen LogP contribution in [0.1, 0.15) is 17.2 Å². The van der Waals surface area contributed by atoms with E-state index >= 15 is 0 Å². The van der Waals surface area contributed by atoms with Crippen molar-refractivity contribution in [3.05, 3.63) is 90.3 Å². The Kier molecular flexibility index (Phi) is 5.49. The Morgan fingerprint density at radius 3 is 2.19 bits per heavy atom. The lowest BCUT2D eigenvalue weighted by atomic mass is 10.1. The van der Waals surface area contributed by atoms with Gasteiger partial charge in [-0.2, -0.15) is 0 Å². The number of benzene rings is 2. The molecule has 0 aliphatic rings. The molecule has 27 heavy (non-hydrogen) atoms. The molecule has 3 rings (SSSR count). The maximum absolute atomic E-state index is 12.8. The second-order valence-electron chi connectivity index (χ2n) is 5.85. The Bertz CT molecular complexity index is 861. The van der Waals surface area contributed by atoms with E-state index in [1.807, 2.05) is 42.5 Å². The SMILES string of the molecule is O=C(NCc1ccc(OC(F)(F)F)cc1)C(c1ccccc1)n1cccc1. The zero-order valence-corrected chi connectivity index (χ0v) is 14.2. The Hall–Kier alpha value is -3.22. The van der Waals surface area contributed by atoms with Crippen LogP contribution in [0.4, 0.5) is 13.2 Å². The number of ether oxygens (including phenoxy) is 1. The highest BCUT2D eigenvalue weighted by Crippen LogP contribution is 2.23. The second kappa shape index (κ2) is 7.99. The van der Waals surface area contributed by atoms with Crippen molar-refractivity contribution in [3.63, 3.8) is 0 Å². The van der Waals surface area contributed by atoms with Crippen molar-refractivity contribution in [2.45, 2.75) is 18.9 Å². The van der Waals surface area contributed by atoms with Crippen LogP contribution in [-0.4, -0.2) is 16.8 Å². The van der Waals surface area contributed by atoms with E-state index in [0.717, 1.165) is 5.56 Å². The van der Waals surface area contributed by atoms with Crippen LogP contribution < -0.4 is 10.1 Å². The van der Waals surface area contributed by atoms with Gasteiger partial charge in [-0.15, -0.1) is 13.2 Å². The topological polar surface area (TPSA) is 43.3 Å². The third-order valence-corrected chi connectivity index (χ3v) is 3.91. The summed E-state index contributed by atoms with van der Waals surface area (Å²) < 4.78 is 42.2. The minimum absolute atomic E-state index is 0.190. The molecule has 0 aliphatic heterocycles. The number of carbonyl (C=O) groups is 1. The van der Waals surface area contributed by atoms with Gasteiger partial charge in [0.1, 0.15) is 11.8 Å². The van der Waals surface area contributed by atoms with Crippen LogP contribution in [0.3, 0.4) is 0 Å². The molecule has 0 bridgehead atoms. The van der Waals surface area contributed by atoms with Crippen molar-refractivity contribution in [1.82, 2.24) is 9.88 Å². The maximum Gasteiger partial charge on any atom is 0.573 e. The highest BCUT2D eigenvalue weighted by atomic mass is 19.4. The summed E-state index contributed by atoms with van der Waals surface area (Å²) in [6.07, 6.45) is -1.11. The van der Waals surface area contributed by atoms with Crippen LogP contribution in [0, 0.1) is 0 Å². The zero-order valence-electron chi connectivity index (χ0n) is 14.2. The first-order valence-electron chi connectivity index (χ1n) is 8.22. The van der Waals surface area contributed by atoms with Crippen LogP contribution in [0.25, 0.3) is 0 Å². The minimum Gasteiger partial charge on any atom is -0.406 e. The number of hydrogen-bond donors (Lipinski definition) is 1. The first-order valence-corrected chi connectivity index (χ1v) is 8.22.